The summed E-state index contributed by atoms with van der Waals surface area (Å²) in [5.74, 6) is 0.115. The average Bonchev–Trinajstić information content (AvgIpc) is 2.12. The minimum Gasteiger partial charge on any atom is -0.293 e. The Bertz CT molecular complexity index is 355. The van der Waals surface area contributed by atoms with Crippen molar-refractivity contribution in [2.75, 3.05) is 0 Å². The van der Waals surface area contributed by atoms with Crippen LogP contribution in [0.5, 0.6) is 0 Å². The lowest BCUT2D eigenvalue weighted by molar-refractivity contribution is -0.112. The van der Waals surface area contributed by atoms with E-state index < -0.39 is 0 Å². The van der Waals surface area contributed by atoms with Gasteiger partial charge in [0.1, 0.15) is 0 Å². The Morgan fingerprint density at radius 3 is 2.75 bits per heavy atom. The van der Waals surface area contributed by atoms with Crippen molar-refractivity contribution in [3.05, 3.63) is 35.4 Å². The summed E-state index contributed by atoms with van der Waals surface area (Å²) in [5, 5.41) is 0. The van der Waals surface area contributed by atoms with E-state index in [9.17, 15) is 4.79 Å². The van der Waals surface area contributed by atoms with Crippen molar-refractivity contribution in [3.8, 4) is 0 Å². The van der Waals surface area contributed by atoms with Crippen molar-refractivity contribution in [2.45, 2.75) is 12.8 Å². The topological polar surface area (TPSA) is 17.1 Å². The van der Waals surface area contributed by atoms with E-state index in [1.165, 1.54) is 5.56 Å². The third-order valence-electron chi connectivity index (χ3n) is 2.14. The van der Waals surface area contributed by atoms with Crippen LogP contribution < -0.4 is 0 Å². The third-order valence-corrected chi connectivity index (χ3v) is 2.58. The molecule has 2 heteroatoms. The van der Waals surface area contributed by atoms with E-state index in [1.807, 2.05) is 24.3 Å². The molecule has 2 rings (SSSR count). The second-order valence-electron chi connectivity index (χ2n) is 2.91. The molecule has 1 aliphatic rings. The van der Waals surface area contributed by atoms with Crippen LogP contribution in [-0.2, 0) is 11.2 Å². The fourth-order valence-electron chi connectivity index (χ4n) is 1.47. The molecule has 0 spiro atoms. The number of hydrogen-bond donors (Lipinski definition) is 0. The number of rotatable bonds is 0. The first kappa shape index (κ1) is 7.62. The molecule has 0 aliphatic heterocycles. The minimum atomic E-state index is 0.115. The van der Waals surface area contributed by atoms with Gasteiger partial charge in [0, 0.05) is 6.42 Å². The van der Waals surface area contributed by atoms with Gasteiger partial charge in [-0.2, -0.15) is 0 Å². The molecule has 1 aliphatic carbocycles. The second-order valence-corrected chi connectivity index (χ2v) is 3.32. The summed E-state index contributed by atoms with van der Waals surface area (Å²) >= 11 is 5.03. The normalized spacial score (nSPS) is 16.0. The van der Waals surface area contributed by atoms with Gasteiger partial charge in [0.25, 0.3) is 0 Å². The molecule has 0 aromatic heterocycles. The van der Waals surface area contributed by atoms with Crippen LogP contribution in [0.4, 0.5) is 0 Å². The lowest BCUT2D eigenvalue weighted by Gasteiger charge is -2.14. The van der Waals surface area contributed by atoms with Gasteiger partial charge in [0.05, 0.1) is 4.86 Å². The van der Waals surface area contributed by atoms with Gasteiger partial charge in [-0.05, 0) is 17.5 Å². The van der Waals surface area contributed by atoms with Crippen molar-refractivity contribution in [1.29, 1.82) is 0 Å². The summed E-state index contributed by atoms with van der Waals surface area (Å²) in [7, 11) is 0. The number of thiocarbonyl (C=S) groups is 1. The van der Waals surface area contributed by atoms with Gasteiger partial charge in [0.2, 0.25) is 0 Å². The maximum Gasteiger partial charge on any atom is 0.174 e. The molecule has 0 amide bonds. The molecule has 0 unspecified atom stereocenters. The van der Waals surface area contributed by atoms with Crippen LogP contribution in [0.25, 0.3) is 0 Å². The predicted octanol–water partition coefficient (Wildman–Crippen LogP) is 1.92. The van der Waals surface area contributed by atoms with Gasteiger partial charge in [-0.1, -0.05) is 36.5 Å². The minimum absolute atomic E-state index is 0.115. The smallest absolute Gasteiger partial charge is 0.174 e. The average molecular weight is 176 g/mol. The molecule has 60 valence electrons. The maximum atomic E-state index is 11.2. The zero-order chi connectivity index (χ0) is 8.55. The zero-order valence-electron chi connectivity index (χ0n) is 6.54. The van der Waals surface area contributed by atoms with Gasteiger partial charge >= 0.3 is 0 Å². The van der Waals surface area contributed by atoms with Crippen molar-refractivity contribution < 1.29 is 4.79 Å². The number of carbonyl (C=O) groups excluding carboxylic acids is 1. The number of carbonyl (C=O) groups is 1. The van der Waals surface area contributed by atoms with Crippen molar-refractivity contribution in [3.63, 3.8) is 0 Å². The summed E-state index contributed by atoms with van der Waals surface area (Å²) in [6.45, 7) is 0. The highest BCUT2D eigenvalue weighted by Gasteiger charge is 2.19. The molecule has 1 nitrogen and oxygen atoms in total. The summed E-state index contributed by atoms with van der Waals surface area (Å²) in [6.07, 6.45) is 1.42. The fourth-order valence-corrected chi connectivity index (χ4v) is 1.77. The van der Waals surface area contributed by atoms with Crippen LogP contribution in [0.3, 0.4) is 0 Å². The third kappa shape index (κ3) is 1.08. The first-order valence-electron chi connectivity index (χ1n) is 3.94. The standard InChI is InChI=1S/C10H8OS/c11-9-6-5-7-3-1-2-4-8(7)10(9)12/h1-4H,5-6H2. The summed E-state index contributed by atoms with van der Waals surface area (Å²) in [6, 6.07) is 7.86. The monoisotopic (exact) mass is 176 g/mol. The van der Waals surface area contributed by atoms with E-state index in [2.05, 4.69) is 0 Å². The van der Waals surface area contributed by atoms with Crippen LogP contribution in [-0.4, -0.2) is 10.6 Å². The molecule has 12 heavy (non-hydrogen) atoms. The molecular weight excluding hydrogens is 168 g/mol. The quantitative estimate of drug-likeness (QED) is 0.562. The van der Waals surface area contributed by atoms with Crippen LogP contribution in [0, 0.1) is 0 Å². The molecule has 0 heterocycles. The Morgan fingerprint density at radius 1 is 1.17 bits per heavy atom. The van der Waals surface area contributed by atoms with Crippen LogP contribution in [0.1, 0.15) is 17.5 Å². The first-order chi connectivity index (χ1) is 5.79. The molecule has 0 N–H and O–H groups in total. The number of fused-ring (bicyclic) bond motifs is 1. The summed E-state index contributed by atoms with van der Waals surface area (Å²) < 4.78 is 0. The van der Waals surface area contributed by atoms with E-state index in [4.69, 9.17) is 12.2 Å². The van der Waals surface area contributed by atoms with E-state index in [1.54, 1.807) is 0 Å². The highest BCUT2D eigenvalue weighted by molar-refractivity contribution is 7.82. The molecule has 1 aromatic rings. The lowest BCUT2D eigenvalue weighted by Crippen LogP contribution is -2.20. The number of hydrogen-bond acceptors (Lipinski definition) is 2. The number of benzene rings is 1. The lowest BCUT2D eigenvalue weighted by atomic mass is 9.91. The Kier molecular flexibility index (Phi) is 1.77. The van der Waals surface area contributed by atoms with Crippen molar-refractivity contribution >= 4 is 22.9 Å². The highest BCUT2D eigenvalue weighted by atomic mass is 32.1. The highest BCUT2D eigenvalue weighted by Crippen LogP contribution is 2.18. The largest absolute Gasteiger partial charge is 0.293 e. The molecular formula is C10H8OS. The molecule has 0 fully saturated rings. The summed E-state index contributed by atoms with van der Waals surface area (Å²) in [4.78, 5) is 11.7. The SMILES string of the molecule is O=C1CCc2ccccc2C1=S. The zero-order valence-corrected chi connectivity index (χ0v) is 7.36. The van der Waals surface area contributed by atoms with Crippen molar-refractivity contribution in [2.24, 2.45) is 0 Å². The Hall–Kier alpha value is -1.02. The van der Waals surface area contributed by atoms with Gasteiger partial charge in [0.15, 0.2) is 5.78 Å². The van der Waals surface area contributed by atoms with E-state index in [0.29, 0.717) is 11.3 Å². The Balaban J connectivity index is 2.56. The van der Waals surface area contributed by atoms with Gasteiger partial charge < -0.3 is 0 Å². The molecule has 1 aromatic carbocycles. The molecule has 0 saturated heterocycles. The second kappa shape index (κ2) is 2.79. The molecule has 0 saturated carbocycles. The summed E-state index contributed by atoms with van der Waals surface area (Å²) in [5.41, 5.74) is 2.17. The molecule has 0 atom stereocenters. The first-order valence-corrected chi connectivity index (χ1v) is 4.35. The predicted molar refractivity (Wildman–Crippen MR) is 51.5 cm³/mol. The number of aryl methyl sites for hydroxylation is 1. The number of ketones is 1. The van der Waals surface area contributed by atoms with E-state index >= 15 is 0 Å². The van der Waals surface area contributed by atoms with Crippen molar-refractivity contribution in [1.82, 2.24) is 0 Å². The van der Waals surface area contributed by atoms with E-state index in [0.717, 1.165) is 12.0 Å². The number of Topliss-reactive ketones (excluding diaryl/α,β-unsaturated/α-hetero) is 1. The Labute approximate surface area is 76.4 Å². The molecule has 0 bridgehead atoms. The van der Waals surface area contributed by atoms with Gasteiger partial charge in [-0.3, -0.25) is 4.79 Å². The molecule has 0 radical (unpaired) electrons. The van der Waals surface area contributed by atoms with Crippen LogP contribution in [0.2, 0.25) is 0 Å². The van der Waals surface area contributed by atoms with Gasteiger partial charge in [-0.25, -0.2) is 0 Å². The van der Waals surface area contributed by atoms with Gasteiger partial charge in [-0.15, -0.1) is 0 Å². The maximum absolute atomic E-state index is 11.2. The van der Waals surface area contributed by atoms with Crippen LogP contribution >= 0.6 is 12.2 Å². The van der Waals surface area contributed by atoms with E-state index in [-0.39, 0.29) is 5.78 Å². The Morgan fingerprint density at radius 2 is 1.92 bits per heavy atom. The fraction of sp³-hybridized carbons (Fsp3) is 0.200. The van der Waals surface area contributed by atoms with Crippen LogP contribution in [0.15, 0.2) is 24.3 Å².